The average molecular weight is 1010 g/mol. The van der Waals surface area contributed by atoms with Gasteiger partial charge in [-0.25, -0.2) is 4.98 Å². The molecule has 0 spiro atoms. The van der Waals surface area contributed by atoms with Gasteiger partial charge in [0.2, 0.25) is 0 Å². The number of benzene rings is 5. The molecule has 4 nitrogen and oxygen atoms in total. The van der Waals surface area contributed by atoms with Gasteiger partial charge in [0, 0.05) is 44.1 Å². The Balaban J connectivity index is 0.00000661. The van der Waals surface area contributed by atoms with E-state index >= 15 is 0 Å². The molecule has 0 aliphatic heterocycles. The van der Waals surface area contributed by atoms with Gasteiger partial charge < -0.3 is 10.0 Å². The quantitative estimate of drug-likeness (QED) is 0.154. The van der Waals surface area contributed by atoms with E-state index in [9.17, 15) is 5.11 Å². The van der Waals surface area contributed by atoms with Gasteiger partial charge in [-0.2, -0.15) is 0 Å². The molecule has 5 aromatic carbocycles. The van der Waals surface area contributed by atoms with Gasteiger partial charge in [-0.05, 0) is 109 Å². The van der Waals surface area contributed by atoms with Gasteiger partial charge in [0.05, 0.1) is 5.69 Å². The molecule has 0 saturated carbocycles. The first-order chi connectivity index (χ1) is 29.1. The van der Waals surface area contributed by atoms with Gasteiger partial charge in [-0.3, -0.25) is 4.98 Å². The van der Waals surface area contributed by atoms with E-state index in [-0.39, 0.29) is 54.4 Å². The molecule has 1 unspecified atom stereocenters. The molecule has 2 aromatic heterocycles. The fourth-order valence-electron chi connectivity index (χ4n) is 7.94. The molecule has 1 N–H and O–H groups in total. The van der Waals surface area contributed by atoms with Crippen LogP contribution in [0.15, 0.2) is 140 Å². The number of anilines is 3. The summed E-state index contributed by atoms with van der Waals surface area (Å²) in [6.07, 6.45) is 1.83. The van der Waals surface area contributed by atoms with Crippen molar-refractivity contribution >= 4 is 17.2 Å². The van der Waals surface area contributed by atoms with Crippen molar-refractivity contribution in [3.05, 3.63) is 179 Å². The van der Waals surface area contributed by atoms with E-state index in [2.05, 4.69) is 210 Å². The predicted octanol–water partition coefficient (Wildman–Crippen LogP) is 15.8. The number of para-hydroxylation sites is 1. The summed E-state index contributed by atoms with van der Waals surface area (Å²) >= 11 is 0. The molecule has 0 aliphatic rings. The minimum absolute atomic E-state index is 0. The molecule has 0 aliphatic carbocycles. The largest absolute Gasteiger partial charge is 0.507 e. The normalized spacial score (nSPS) is 12.7. The topological polar surface area (TPSA) is 49.3 Å². The number of nitrogens with zero attached hydrogens (tertiary/aromatic N) is 3. The van der Waals surface area contributed by atoms with E-state index in [4.69, 9.17) is 9.97 Å². The zero-order valence-corrected chi connectivity index (χ0v) is 41.7. The molecular formula is C58H64N3OPt-. The summed E-state index contributed by atoms with van der Waals surface area (Å²) in [6, 6.07) is 51.2. The Hall–Kier alpha value is -5.31. The van der Waals surface area contributed by atoms with Gasteiger partial charge in [0.1, 0.15) is 11.6 Å². The van der Waals surface area contributed by atoms with E-state index in [1.165, 1.54) is 16.7 Å². The summed E-state index contributed by atoms with van der Waals surface area (Å²) in [7, 11) is 0. The molecule has 2 heterocycles. The standard InChI is InChI=1S/C58H64N3O.Pt/c1-38(39-22-16-14-17-23-39)40-28-43(32-48(31-40)61(47-24-18-15-19-25-47)53-26-20-21-27-59-53)51-33-42(41-29-44(55(2,3)4)35-45(30-41)56(5,6)7)34-52(60-51)49-36-46(57(8,9)10)37-50(54(49)62)58(11,12)13;/h14-31,33-38,62H,1-13H3;/q-1;. The van der Waals surface area contributed by atoms with Crippen LogP contribution in [0.2, 0.25) is 0 Å². The molecule has 0 fully saturated rings. The van der Waals surface area contributed by atoms with Crippen LogP contribution in [0.5, 0.6) is 5.75 Å². The Morgan fingerprint density at radius 3 is 1.63 bits per heavy atom. The van der Waals surface area contributed by atoms with Gasteiger partial charge in [-0.1, -0.05) is 175 Å². The predicted molar refractivity (Wildman–Crippen MR) is 262 cm³/mol. The molecule has 0 bridgehead atoms. The number of pyridine rings is 2. The van der Waals surface area contributed by atoms with Crippen molar-refractivity contribution in [2.45, 2.75) is 118 Å². The summed E-state index contributed by atoms with van der Waals surface area (Å²) in [6.45, 7) is 29.1. The third kappa shape index (κ3) is 10.6. The summed E-state index contributed by atoms with van der Waals surface area (Å²) in [5, 5.41) is 12.3. The molecular weight excluding hydrogens is 950 g/mol. The van der Waals surface area contributed by atoms with Crippen LogP contribution in [0, 0.1) is 6.07 Å². The number of hydrogen-bond donors (Lipinski definition) is 1. The number of aromatic hydroxyl groups is 1. The smallest absolute Gasteiger partial charge is 0.136 e. The number of phenolic OH excluding ortho intramolecular Hbond substituents is 1. The van der Waals surface area contributed by atoms with E-state index in [1.807, 2.05) is 30.5 Å². The van der Waals surface area contributed by atoms with E-state index in [1.54, 1.807) is 0 Å². The maximum absolute atomic E-state index is 12.3. The first-order valence-corrected chi connectivity index (χ1v) is 22.0. The monoisotopic (exact) mass is 1010 g/mol. The number of hydrogen-bond acceptors (Lipinski definition) is 4. The first kappa shape index (κ1) is 47.2. The second-order valence-electron chi connectivity index (χ2n) is 21.0. The summed E-state index contributed by atoms with van der Waals surface area (Å²) in [5.74, 6) is 1.12. The summed E-state index contributed by atoms with van der Waals surface area (Å²) < 4.78 is 0. The number of phenols is 1. The minimum atomic E-state index is -0.305. The minimum Gasteiger partial charge on any atom is -0.507 e. The van der Waals surface area contributed by atoms with E-state index < -0.39 is 0 Å². The molecule has 0 amide bonds. The van der Waals surface area contributed by atoms with Crippen molar-refractivity contribution in [3.8, 4) is 39.4 Å². The summed E-state index contributed by atoms with van der Waals surface area (Å²) in [5.41, 5.74) is 13.4. The summed E-state index contributed by atoms with van der Waals surface area (Å²) in [4.78, 5) is 12.6. The molecule has 1 atom stereocenters. The van der Waals surface area contributed by atoms with Crippen LogP contribution in [0.25, 0.3) is 33.6 Å². The van der Waals surface area contributed by atoms with Crippen LogP contribution in [-0.2, 0) is 42.7 Å². The maximum Gasteiger partial charge on any atom is 0.136 e. The zero-order valence-electron chi connectivity index (χ0n) is 39.5. The Kier molecular flexibility index (Phi) is 13.5. The maximum atomic E-state index is 12.3. The molecule has 7 rings (SSSR count). The SMILES string of the molecule is CC(c1ccccc1)c1cc(-c2cc(-c3cc(C(C)(C)C)cc(C(C)(C)C)c3)cc(-c3cc(C(C)(C)C)cc(C(C)(C)C)c3O)n2)[c-]c(N(c2ccccc2)c2ccccn2)c1.[Pt]. The van der Waals surface area contributed by atoms with Gasteiger partial charge in [0.15, 0.2) is 0 Å². The second-order valence-corrected chi connectivity index (χ2v) is 21.0. The molecule has 0 radical (unpaired) electrons. The van der Waals surface area contributed by atoms with Crippen molar-refractivity contribution in [2.75, 3.05) is 4.90 Å². The van der Waals surface area contributed by atoms with Crippen LogP contribution in [0.1, 0.15) is 129 Å². The van der Waals surface area contributed by atoms with Crippen molar-refractivity contribution in [1.29, 1.82) is 0 Å². The Labute approximate surface area is 392 Å². The van der Waals surface area contributed by atoms with Crippen LogP contribution < -0.4 is 4.90 Å². The first-order valence-electron chi connectivity index (χ1n) is 22.0. The van der Waals surface area contributed by atoms with Crippen LogP contribution in [0.3, 0.4) is 0 Å². The molecule has 7 aromatic rings. The fraction of sp³-hybridized carbons (Fsp3) is 0.310. The van der Waals surface area contributed by atoms with Crippen molar-refractivity contribution < 1.29 is 26.2 Å². The Morgan fingerprint density at radius 1 is 0.540 bits per heavy atom. The molecule has 5 heteroatoms. The Bertz CT molecular complexity index is 2610. The van der Waals surface area contributed by atoms with Crippen LogP contribution >= 0.6 is 0 Å². The van der Waals surface area contributed by atoms with E-state index in [0.29, 0.717) is 5.69 Å². The van der Waals surface area contributed by atoms with Crippen LogP contribution in [-0.4, -0.2) is 15.1 Å². The fourth-order valence-corrected chi connectivity index (χ4v) is 7.94. The second kappa shape index (κ2) is 18.1. The van der Waals surface area contributed by atoms with E-state index in [0.717, 1.165) is 61.8 Å². The van der Waals surface area contributed by atoms with Crippen molar-refractivity contribution in [2.24, 2.45) is 0 Å². The van der Waals surface area contributed by atoms with Gasteiger partial charge in [0.25, 0.3) is 0 Å². The van der Waals surface area contributed by atoms with Gasteiger partial charge in [-0.15, -0.1) is 29.3 Å². The third-order valence-electron chi connectivity index (χ3n) is 12.0. The Morgan fingerprint density at radius 2 is 1.08 bits per heavy atom. The van der Waals surface area contributed by atoms with Crippen LogP contribution in [0.4, 0.5) is 17.2 Å². The third-order valence-corrected chi connectivity index (χ3v) is 12.0. The van der Waals surface area contributed by atoms with Crippen molar-refractivity contribution in [1.82, 2.24) is 9.97 Å². The molecule has 328 valence electrons. The van der Waals surface area contributed by atoms with Gasteiger partial charge >= 0.3 is 0 Å². The zero-order chi connectivity index (χ0) is 44.8. The molecule has 0 saturated heterocycles. The average Bonchev–Trinajstić information content (AvgIpc) is 3.23. The number of aromatic nitrogens is 2. The molecule has 63 heavy (non-hydrogen) atoms. The number of rotatable bonds is 8. The van der Waals surface area contributed by atoms with Crippen molar-refractivity contribution in [3.63, 3.8) is 0 Å².